The van der Waals surface area contributed by atoms with Crippen LogP contribution in [0, 0.1) is 12.7 Å². The Morgan fingerprint density at radius 2 is 2.25 bits per heavy atom. The monoisotopic (exact) mass is 277 g/mol. The summed E-state index contributed by atoms with van der Waals surface area (Å²) in [5, 5.41) is 7.19. The van der Waals surface area contributed by atoms with E-state index in [9.17, 15) is 4.39 Å². The second-order valence-corrected chi connectivity index (χ2v) is 4.93. The molecule has 1 aromatic heterocycles. The summed E-state index contributed by atoms with van der Waals surface area (Å²) in [6.07, 6.45) is -0.0354. The molecule has 20 heavy (non-hydrogen) atoms. The standard InChI is InChI=1S/C14H16FN3O2/c1-8-3-4-10(7-11(8)15)13-17-14(20-18-13)12-9(2)19-6-5-16-12/h3-4,7,9,12,16H,5-6H2,1-2H3/t9-,12+/m1/s1. The van der Waals surface area contributed by atoms with Crippen LogP contribution in [0.4, 0.5) is 4.39 Å². The van der Waals surface area contributed by atoms with E-state index in [1.54, 1.807) is 19.1 Å². The van der Waals surface area contributed by atoms with Crippen molar-refractivity contribution in [3.63, 3.8) is 0 Å². The molecule has 0 unspecified atom stereocenters. The molecule has 3 rings (SSSR count). The Kier molecular flexibility index (Phi) is 3.50. The van der Waals surface area contributed by atoms with Gasteiger partial charge in [0, 0.05) is 12.1 Å². The van der Waals surface area contributed by atoms with Gasteiger partial charge in [0.1, 0.15) is 11.9 Å². The number of benzene rings is 1. The predicted molar refractivity (Wildman–Crippen MR) is 70.6 cm³/mol. The highest BCUT2D eigenvalue weighted by molar-refractivity contribution is 5.55. The second kappa shape index (κ2) is 5.30. The fourth-order valence-electron chi connectivity index (χ4n) is 2.22. The number of hydrogen-bond donors (Lipinski definition) is 1. The van der Waals surface area contributed by atoms with Crippen LogP contribution in [-0.4, -0.2) is 29.4 Å². The highest BCUT2D eigenvalue weighted by Crippen LogP contribution is 2.24. The van der Waals surface area contributed by atoms with Gasteiger partial charge in [-0.2, -0.15) is 4.98 Å². The molecular formula is C14H16FN3O2. The lowest BCUT2D eigenvalue weighted by Crippen LogP contribution is -2.40. The smallest absolute Gasteiger partial charge is 0.246 e. The van der Waals surface area contributed by atoms with Gasteiger partial charge in [0.25, 0.3) is 0 Å². The zero-order valence-corrected chi connectivity index (χ0v) is 11.4. The number of aryl methyl sites for hydroxylation is 1. The summed E-state index contributed by atoms with van der Waals surface area (Å²) in [7, 11) is 0. The number of halogens is 1. The lowest BCUT2D eigenvalue weighted by Gasteiger charge is -2.27. The van der Waals surface area contributed by atoms with Gasteiger partial charge in [-0.3, -0.25) is 0 Å². The Labute approximate surface area is 116 Å². The maximum atomic E-state index is 13.6. The van der Waals surface area contributed by atoms with E-state index in [1.165, 1.54) is 6.07 Å². The molecule has 2 atom stereocenters. The fourth-order valence-corrected chi connectivity index (χ4v) is 2.22. The molecule has 0 aliphatic carbocycles. The molecule has 1 aromatic carbocycles. The SMILES string of the molecule is Cc1ccc(-c2noc([C@H]3NCCO[C@@H]3C)n2)cc1F. The lowest BCUT2D eigenvalue weighted by molar-refractivity contribution is -0.00136. The number of nitrogens with zero attached hydrogens (tertiary/aromatic N) is 2. The van der Waals surface area contributed by atoms with Crippen molar-refractivity contribution in [2.75, 3.05) is 13.2 Å². The minimum absolute atomic E-state index is 0.0354. The third kappa shape index (κ3) is 2.44. The van der Waals surface area contributed by atoms with E-state index in [-0.39, 0.29) is 18.0 Å². The average molecular weight is 277 g/mol. The molecule has 1 aliphatic heterocycles. The van der Waals surface area contributed by atoms with E-state index < -0.39 is 0 Å². The molecule has 0 spiro atoms. The summed E-state index contributed by atoms with van der Waals surface area (Å²) in [5.74, 6) is 0.577. The molecule has 1 saturated heterocycles. The summed E-state index contributed by atoms with van der Waals surface area (Å²) in [6.45, 7) is 5.08. The van der Waals surface area contributed by atoms with Gasteiger partial charge >= 0.3 is 0 Å². The zero-order valence-electron chi connectivity index (χ0n) is 11.4. The van der Waals surface area contributed by atoms with E-state index in [0.29, 0.717) is 29.4 Å². The van der Waals surface area contributed by atoms with Crippen molar-refractivity contribution in [1.82, 2.24) is 15.5 Å². The van der Waals surface area contributed by atoms with Gasteiger partial charge < -0.3 is 14.6 Å². The summed E-state index contributed by atoms with van der Waals surface area (Å²) in [4.78, 5) is 4.34. The largest absolute Gasteiger partial charge is 0.375 e. The van der Waals surface area contributed by atoms with Crippen LogP contribution in [0.5, 0.6) is 0 Å². The van der Waals surface area contributed by atoms with Gasteiger partial charge in [-0.15, -0.1) is 0 Å². The minimum atomic E-state index is -0.277. The Morgan fingerprint density at radius 3 is 3.00 bits per heavy atom. The van der Waals surface area contributed by atoms with E-state index in [0.717, 1.165) is 6.54 Å². The van der Waals surface area contributed by atoms with Crippen LogP contribution >= 0.6 is 0 Å². The molecule has 0 amide bonds. The first-order valence-corrected chi connectivity index (χ1v) is 6.60. The molecule has 5 nitrogen and oxygen atoms in total. The third-order valence-electron chi connectivity index (χ3n) is 3.45. The van der Waals surface area contributed by atoms with Crippen LogP contribution in [0.1, 0.15) is 24.4 Å². The van der Waals surface area contributed by atoms with Gasteiger partial charge in [0.2, 0.25) is 11.7 Å². The third-order valence-corrected chi connectivity index (χ3v) is 3.45. The van der Waals surface area contributed by atoms with Gasteiger partial charge in [-0.25, -0.2) is 4.39 Å². The molecular weight excluding hydrogens is 261 g/mol. The maximum Gasteiger partial charge on any atom is 0.246 e. The van der Waals surface area contributed by atoms with Crippen LogP contribution in [0.25, 0.3) is 11.4 Å². The van der Waals surface area contributed by atoms with Crippen LogP contribution in [-0.2, 0) is 4.74 Å². The Hall–Kier alpha value is -1.79. The summed E-state index contributed by atoms with van der Waals surface area (Å²) >= 11 is 0. The van der Waals surface area contributed by atoms with E-state index in [1.807, 2.05) is 6.92 Å². The first kappa shape index (κ1) is 13.2. The van der Waals surface area contributed by atoms with Crippen molar-refractivity contribution in [2.45, 2.75) is 26.0 Å². The molecule has 0 radical (unpaired) electrons. The van der Waals surface area contributed by atoms with Crippen molar-refractivity contribution < 1.29 is 13.7 Å². The van der Waals surface area contributed by atoms with Crippen molar-refractivity contribution in [3.05, 3.63) is 35.5 Å². The molecule has 2 heterocycles. The van der Waals surface area contributed by atoms with Crippen LogP contribution in [0.2, 0.25) is 0 Å². The minimum Gasteiger partial charge on any atom is -0.375 e. The van der Waals surface area contributed by atoms with Crippen LogP contribution in [0.15, 0.2) is 22.7 Å². The zero-order chi connectivity index (χ0) is 14.1. The lowest BCUT2D eigenvalue weighted by atomic mass is 10.1. The van der Waals surface area contributed by atoms with Crippen LogP contribution < -0.4 is 5.32 Å². The fraction of sp³-hybridized carbons (Fsp3) is 0.429. The van der Waals surface area contributed by atoms with Crippen molar-refractivity contribution in [1.29, 1.82) is 0 Å². The number of morpholine rings is 1. The first-order valence-electron chi connectivity index (χ1n) is 6.60. The number of nitrogens with one attached hydrogen (secondary N) is 1. The highest BCUT2D eigenvalue weighted by Gasteiger charge is 2.28. The number of rotatable bonds is 2. The van der Waals surface area contributed by atoms with Crippen LogP contribution in [0.3, 0.4) is 0 Å². The molecule has 0 bridgehead atoms. The van der Waals surface area contributed by atoms with Gasteiger partial charge in [0.05, 0.1) is 12.7 Å². The van der Waals surface area contributed by atoms with E-state index >= 15 is 0 Å². The van der Waals surface area contributed by atoms with Crippen molar-refractivity contribution in [3.8, 4) is 11.4 Å². The molecule has 0 saturated carbocycles. The normalized spacial score (nSPS) is 22.9. The van der Waals surface area contributed by atoms with Crippen molar-refractivity contribution >= 4 is 0 Å². The topological polar surface area (TPSA) is 60.2 Å². The molecule has 2 aromatic rings. The average Bonchev–Trinajstić information content (AvgIpc) is 2.92. The summed E-state index contributed by atoms with van der Waals surface area (Å²) in [6, 6.07) is 4.77. The second-order valence-electron chi connectivity index (χ2n) is 4.93. The number of hydrogen-bond acceptors (Lipinski definition) is 5. The molecule has 1 N–H and O–H groups in total. The molecule has 106 valence electrons. The summed E-state index contributed by atoms with van der Waals surface area (Å²) < 4.78 is 24.4. The van der Waals surface area contributed by atoms with Crippen molar-refractivity contribution in [2.24, 2.45) is 0 Å². The molecule has 1 aliphatic rings. The van der Waals surface area contributed by atoms with E-state index in [2.05, 4.69) is 15.5 Å². The summed E-state index contributed by atoms with van der Waals surface area (Å²) in [5.41, 5.74) is 1.20. The molecule has 1 fully saturated rings. The number of ether oxygens (including phenoxy) is 1. The Balaban J connectivity index is 1.87. The maximum absolute atomic E-state index is 13.6. The predicted octanol–water partition coefficient (Wildman–Crippen LogP) is 2.23. The number of aromatic nitrogens is 2. The quantitative estimate of drug-likeness (QED) is 0.912. The Morgan fingerprint density at radius 1 is 1.40 bits per heavy atom. The Bertz CT molecular complexity index is 614. The van der Waals surface area contributed by atoms with E-state index in [4.69, 9.17) is 9.26 Å². The molecule has 6 heteroatoms. The van der Waals surface area contributed by atoms with Gasteiger partial charge in [-0.1, -0.05) is 17.3 Å². The van der Waals surface area contributed by atoms with Gasteiger partial charge in [-0.05, 0) is 25.5 Å². The first-order chi connectivity index (χ1) is 9.65. The highest BCUT2D eigenvalue weighted by atomic mass is 19.1. The van der Waals surface area contributed by atoms with Gasteiger partial charge in [0.15, 0.2) is 0 Å².